The van der Waals surface area contributed by atoms with Crippen LogP contribution in [-0.2, 0) is 6.42 Å². The molecule has 0 radical (unpaired) electrons. The Labute approximate surface area is 189 Å². The lowest BCUT2D eigenvalue weighted by Gasteiger charge is -2.20. The van der Waals surface area contributed by atoms with Crippen molar-refractivity contribution < 1.29 is 14.3 Å². The molecule has 32 heavy (non-hydrogen) atoms. The molecule has 0 aliphatic rings. The second-order valence-corrected chi connectivity index (χ2v) is 8.01. The maximum atomic E-state index is 11.3. The number of benzene rings is 3. The Balaban J connectivity index is 1.69. The zero-order valence-corrected chi connectivity index (χ0v) is 18.6. The van der Waals surface area contributed by atoms with Gasteiger partial charge in [-0.2, -0.15) is 0 Å². The number of hydrogen-bond donors (Lipinski definition) is 1. The van der Waals surface area contributed by atoms with Crippen molar-refractivity contribution in [3.05, 3.63) is 96.4 Å². The fourth-order valence-corrected chi connectivity index (χ4v) is 4.09. The first-order valence-electron chi connectivity index (χ1n) is 11.1. The van der Waals surface area contributed by atoms with Crippen LogP contribution in [0, 0.1) is 5.92 Å². The summed E-state index contributed by atoms with van der Waals surface area (Å²) in [5.41, 5.74) is 3.79. The molecule has 3 aromatic carbocycles. The number of aromatic nitrogens is 1. The van der Waals surface area contributed by atoms with Gasteiger partial charge in [0.2, 0.25) is 5.89 Å². The van der Waals surface area contributed by atoms with E-state index in [1.165, 1.54) is 0 Å². The maximum Gasteiger partial charge on any atom is 0.224 e. The normalized spacial score (nSPS) is 13.0. The lowest BCUT2D eigenvalue weighted by Crippen LogP contribution is -2.16. The van der Waals surface area contributed by atoms with E-state index in [4.69, 9.17) is 14.1 Å². The van der Waals surface area contributed by atoms with Crippen LogP contribution in [0.5, 0.6) is 5.75 Å². The van der Waals surface area contributed by atoms with Gasteiger partial charge < -0.3 is 14.3 Å². The van der Waals surface area contributed by atoms with Crippen molar-refractivity contribution in [3.63, 3.8) is 0 Å². The largest absolute Gasteiger partial charge is 0.497 e. The summed E-state index contributed by atoms with van der Waals surface area (Å²) in [5.74, 6) is 1.85. The third-order valence-electron chi connectivity index (χ3n) is 5.72. The van der Waals surface area contributed by atoms with E-state index in [1.54, 1.807) is 7.11 Å². The number of aliphatic hydroxyl groups excluding tert-OH is 1. The van der Waals surface area contributed by atoms with Gasteiger partial charge in [-0.15, -0.1) is 0 Å². The van der Waals surface area contributed by atoms with Crippen LogP contribution < -0.4 is 4.74 Å². The smallest absolute Gasteiger partial charge is 0.224 e. The van der Waals surface area contributed by atoms with E-state index in [-0.39, 0.29) is 5.92 Å². The van der Waals surface area contributed by atoms with Gasteiger partial charge in [0.1, 0.15) is 17.5 Å². The maximum absolute atomic E-state index is 11.3. The molecule has 0 spiro atoms. The molecule has 0 fully saturated rings. The van der Waals surface area contributed by atoms with Gasteiger partial charge in [0.15, 0.2) is 5.76 Å². The van der Waals surface area contributed by atoms with Gasteiger partial charge in [0.05, 0.1) is 7.11 Å². The summed E-state index contributed by atoms with van der Waals surface area (Å²) in [4.78, 5) is 4.79. The van der Waals surface area contributed by atoms with Crippen LogP contribution in [-0.4, -0.2) is 17.2 Å². The minimum absolute atomic E-state index is 0.0157. The minimum atomic E-state index is -0.805. The fourth-order valence-electron chi connectivity index (χ4n) is 4.09. The third kappa shape index (κ3) is 4.92. The Morgan fingerprint density at radius 1 is 0.906 bits per heavy atom. The van der Waals surface area contributed by atoms with Gasteiger partial charge in [0, 0.05) is 11.1 Å². The van der Waals surface area contributed by atoms with Crippen LogP contribution in [0.2, 0.25) is 0 Å². The van der Waals surface area contributed by atoms with E-state index in [9.17, 15) is 5.11 Å². The highest BCUT2D eigenvalue weighted by molar-refractivity contribution is 5.76. The van der Waals surface area contributed by atoms with E-state index in [2.05, 4.69) is 13.0 Å². The van der Waals surface area contributed by atoms with Gasteiger partial charge in [0.25, 0.3) is 0 Å². The van der Waals surface area contributed by atoms with Crippen LogP contribution in [0.25, 0.3) is 22.6 Å². The van der Waals surface area contributed by atoms with Gasteiger partial charge >= 0.3 is 0 Å². The Bertz CT molecular complexity index is 1060. The molecule has 4 rings (SSSR count). The van der Waals surface area contributed by atoms with Crippen LogP contribution >= 0.6 is 0 Å². The molecule has 4 nitrogen and oxygen atoms in total. The summed E-state index contributed by atoms with van der Waals surface area (Å²) in [6.45, 7) is 2.13. The topological polar surface area (TPSA) is 55.5 Å². The standard InChI is InChI=1S/C28H29NO3/c1-3-11-23(18-20-12-10-17-24(19-20)31-2)26(30)28-29-25(21-13-6-4-7-14-21)27(32-28)22-15-8-5-9-16-22/h4-10,12-17,19,23,26,30H,3,11,18H2,1-2H3. The van der Waals surface area contributed by atoms with Gasteiger partial charge in [-0.25, -0.2) is 4.98 Å². The summed E-state index contributed by atoms with van der Waals surface area (Å²) in [6, 6.07) is 27.9. The molecule has 2 unspecified atom stereocenters. The molecule has 0 saturated carbocycles. The molecular weight excluding hydrogens is 398 g/mol. The van der Waals surface area contributed by atoms with Crippen LogP contribution in [0.3, 0.4) is 0 Å². The number of oxazole rings is 1. The lowest BCUT2D eigenvalue weighted by atomic mass is 9.90. The first-order valence-corrected chi connectivity index (χ1v) is 11.1. The summed E-state index contributed by atoms with van der Waals surface area (Å²) in [6.07, 6.45) is 1.74. The molecule has 4 heteroatoms. The highest BCUT2D eigenvalue weighted by Gasteiger charge is 2.28. The SMILES string of the molecule is CCCC(Cc1cccc(OC)c1)C(O)c1nc(-c2ccccc2)c(-c2ccccc2)o1. The monoisotopic (exact) mass is 427 g/mol. The second-order valence-electron chi connectivity index (χ2n) is 8.01. The zero-order valence-electron chi connectivity index (χ0n) is 18.6. The molecule has 0 aliphatic heterocycles. The highest BCUT2D eigenvalue weighted by Crippen LogP contribution is 2.37. The van der Waals surface area contributed by atoms with E-state index in [0.717, 1.165) is 47.4 Å². The molecule has 0 bridgehead atoms. The minimum Gasteiger partial charge on any atom is -0.497 e. The van der Waals surface area contributed by atoms with E-state index >= 15 is 0 Å². The van der Waals surface area contributed by atoms with Crippen LogP contribution in [0.4, 0.5) is 0 Å². The van der Waals surface area contributed by atoms with Gasteiger partial charge in [-0.3, -0.25) is 0 Å². The summed E-state index contributed by atoms with van der Waals surface area (Å²) in [7, 11) is 1.67. The Hall–Kier alpha value is -3.37. The predicted octanol–water partition coefficient (Wildman–Crippen LogP) is 6.71. The summed E-state index contributed by atoms with van der Waals surface area (Å²) in [5, 5.41) is 11.3. The van der Waals surface area contributed by atoms with Crippen LogP contribution in [0.1, 0.15) is 37.3 Å². The molecule has 1 N–H and O–H groups in total. The van der Waals surface area contributed by atoms with Crippen molar-refractivity contribution >= 4 is 0 Å². The quantitative estimate of drug-likeness (QED) is 0.322. The first-order chi connectivity index (χ1) is 15.7. The average Bonchev–Trinajstić information content (AvgIpc) is 3.30. The molecule has 0 aliphatic carbocycles. The van der Waals surface area contributed by atoms with Crippen molar-refractivity contribution in [3.8, 4) is 28.3 Å². The van der Waals surface area contributed by atoms with Crippen LogP contribution in [0.15, 0.2) is 89.3 Å². The number of hydrogen-bond acceptors (Lipinski definition) is 4. The first kappa shape index (κ1) is 21.8. The van der Waals surface area contributed by atoms with Crippen molar-refractivity contribution in [2.75, 3.05) is 7.11 Å². The fraction of sp³-hybridized carbons (Fsp3) is 0.250. The molecule has 1 heterocycles. The number of methoxy groups -OCH3 is 1. The lowest BCUT2D eigenvalue weighted by molar-refractivity contribution is 0.0760. The van der Waals surface area contributed by atoms with Crippen molar-refractivity contribution in [2.45, 2.75) is 32.3 Å². The van der Waals surface area contributed by atoms with E-state index in [1.807, 2.05) is 78.9 Å². The molecule has 2 atom stereocenters. The summed E-state index contributed by atoms with van der Waals surface area (Å²) >= 11 is 0. The summed E-state index contributed by atoms with van der Waals surface area (Å²) < 4.78 is 11.6. The molecule has 4 aromatic rings. The molecule has 0 amide bonds. The van der Waals surface area contributed by atoms with Gasteiger partial charge in [-0.1, -0.05) is 86.1 Å². The average molecular weight is 428 g/mol. The second kappa shape index (κ2) is 10.3. The van der Waals surface area contributed by atoms with E-state index in [0.29, 0.717) is 11.7 Å². The molecule has 1 aromatic heterocycles. The number of rotatable bonds is 9. The van der Waals surface area contributed by atoms with Gasteiger partial charge in [-0.05, 0) is 36.5 Å². The van der Waals surface area contributed by atoms with E-state index < -0.39 is 6.10 Å². The third-order valence-corrected chi connectivity index (χ3v) is 5.72. The number of aliphatic hydroxyl groups is 1. The molecular formula is C28H29NO3. The number of nitrogens with zero attached hydrogens (tertiary/aromatic N) is 1. The number of ether oxygens (including phenoxy) is 1. The Kier molecular flexibility index (Phi) is 7.03. The van der Waals surface area contributed by atoms with Crippen molar-refractivity contribution in [1.82, 2.24) is 4.98 Å². The molecule has 164 valence electrons. The molecule has 0 saturated heterocycles. The zero-order chi connectivity index (χ0) is 22.3. The Morgan fingerprint density at radius 3 is 2.25 bits per heavy atom. The van der Waals surface area contributed by atoms with Crippen molar-refractivity contribution in [2.24, 2.45) is 5.92 Å². The Morgan fingerprint density at radius 2 is 1.59 bits per heavy atom. The predicted molar refractivity (Wildman–Crippen MR) is 127 cm³/mol. The van der Waals surface area contributed by atoms with Crippen molar-refractivity contribution in [1.29, 1.82) is 0 Å². The highest BCUT2D eigenvalue weighted by atomic mass is 16.5.